The van der Waals surface area contributed by atoms with Crippen LogP contribution in [0.5, 0.6) is 0 Å². The summed E-state index contributed by atoms with van der Waals surface area (Å²) >= 11 is 0. The SMILES string of the molecule is Cc1ccc([C@H](C)N=Cc2ccccn2)cc1. The van der Waals surface area contributed by atoms with E-state index < -0.39 is 0 Å². The fraction of sp³-hybridized carbons (Fsp3) is 0.200. The van der Waals surface area contributed by atoms with Crippen molar-refractivity contribution in [3.05, 3.63) is 65.5 Å². The Labute approximate surface area is 102 Å². The van der Waals surface area contributed by atoms with Crippen LogP contribution in [0.25, 0.3) is 0 Å². The van der Waals surface area contributed by atoms with Crippen LogP contribution in [0.2, 0.25) is 0 Å². The van der Waals surface area contributed by atoms with Gasteiger partial charge in [-0.25, -0.2) is 0 Å². The number of aryl methyl sites for hydroxylation is 1. The Hall–Kier alpha value is -1.96. The molecule has 0 aliphatic carbocycles. The second-order valence-corrected chi connectivity index (χ2v) is 4.12. The van der Waals surface area contributed by atoms with Crippen molar-refractivity contribution >= 4 is 6.21 Å². The number of rotatable bonds is 3. The van der Waals surface area contributed by atoms with E-state index in [9.17, 15) is 0 Å². The van der Waals surface area contributed by atoms with Crippen LogP contribution in [0.15, 0.2) is 53.7 Å². The third-order valence-electron chi connectivity index (χ3n) is 2.68. The molecular formula is C15H16N2. The zero-order valence-corrected chi connectivity index (χ0v) is 10.2. The largest absolute Gasteiger partial charge is 0.283 e. The summed E-state index contributed by atoms with van der Waals surface area (Å²) in [4.78, 5) is 8.72. The van der Waals surface area contributed by atoms with Crippen LogP contribution >= 0.6 is 0 Å². The molecule has 0 spiro atoms. The molecule has 0 aliphatic heterocycles. The van der Waals surface area contributed by atoms with Crippen LogP contribution in [-0.2, 0) is 0 Å². The minimum atomic E-state index is 0.164. The van der Waals surface area contributed by atoms with Crippen molar-refractivity contribution in [3.63, 3.8) is 0 Å². The molecule has 0 saturated heterocycles. The van der Waals surface area contributed by atoms with Gasteiger partial charge in [-0.3, -0.25) is 9.98 Å². The van der Waals surface area contributed by atoms with Gasteiger partial charge in [-0.15, -0.1) is 0 Å². The Morgan fingerprint density at radius 2 is 1.88 bits per heavy atom. The minimum Gasteiger partial charge on any atom is -0.283 e. The monoisotopic (exact) mass is 224 g/mol. The van der Waals surface area contributed by atoms with Crippen molar-refractivity contribution in [2.75, 3.05) is 0 Å². The molecule has 2 rings (SSSR count). The lowest BCUT2D eigenvalue weighted by atomic mass is 10.1. The zero-order valence-electron chi connectivity index (χ0n) is 10.2. The lowest BCUT2D eigenvalue weighted by Crippen LogP contribution is -1.92. The van der Waals surface area contributed by atoms with Gasteiger partial charge in [0.1, 0.15) is 0 Å². The van der Waals surface area contributed by atoms with Crippen molar-refractivity contribution in [1.29, 1.82) is 0 Å². The molecule has 0 saturated carbocycles. The number of hydrogen-bond donors (Lipinski definition) is 0. The molecular weight excluding hydrogens is 208 g/mol. The average Bonchev–Trinajstić information content (AvgIpc) is 2.38. The minimum absolute atomic E-state index is 0.164. The van der Waals surface area contributed by atoms with E-state index in [1.807, 2.05) is 24.4 Å². The molecule has 1 heterocycles. The molecule has 0 amide bonds. The van der Waals surface area contributed by atoms with Gasteiger partial charge in [0.25, 0.3) is 0 Å². The number of hydrogen-bond acceptors (Lipinski definition) is 2. The summed E-state index contributed by atoms with van der Waals surface area (Å²) < 4.78 is 0. The van der Waals surface area contributed by atoms with E-state index in [0.29, 0.717) is 0 Å². The topological polar surface area (TPSA) is 25.2 Å². The first-order valence-electron chi connectivity index (χ1n) is 5.76. The van der Waals surface area contributed by atoms with E-state index in [1.54, 1.807) is 6.20 Å². The summed E-state index contributed by atoms with van der Waals surface area (Å²) in [6, 6.07) is 14.4. The lowest BCUT2D eigenvalue weighted by Gasteiger charge is -2.06. The van der Waals surface area contributed by atoms with Gasteiger partial charge in [-0.1, -0.05) is 35.9 Å². The predicted octanol–water partition coefficient (Wildman–Crippen LogP) is 3.57. The molecule has 0 radical (unpaired) electrons. The number of aromatic nitrogens is 1. The fourth-order valence-corrected chi connectivity index (χ4v) is 1.57. The normalized spacial score (nSPS) is 12.8. The molecule has 2 aromatic rings. The second kappa shape index (κ2) is 5.39. The fourth-order valence-electron chi connectivity index (χ4n) is 1.57. The molecule has 1 aromatic heterocycles. The molecule has 2 heteroatoms. The maximum atomic E-state index is 4.51. The van der Waals surface area contributed by atoms with E-state index in [0.717, 1.165) is 5.69 Å². The van der Waals surface area contributed by atoms with Crippen LogP contribution in [0, 0.1) is 6.92 Å². The third-order valence-corrected chi connectivity index (χ3v) is 2.68. The van der Waals surface area contributed by atoms with Gasteiger partial charge in [0.15, 0.2) is 0 Å². The van der Waals surface area contributed by atoms with Crippen LogP contribution < -0.4 is 0 Å². The quantitative estimate of drug-likeness (QED) is 0.732. The van der Waals surface area contributed by atoms with Gasteiger partial charge in [0, 0.05) is 12.4 Å². The highest BCUT2D eigenvalue weighted by atomic mass is 14.8. The molecule has 17 heavy (non-hydrogen) atoms. The summed E-state index contributed by atoms with van der Waals surface area (Å²) in [5.41, 5.74) is 3.39. The average molecular weight is 224 g/mol. The van der Waals surface area contributed by atoms with Gasteiger partial charge in [0.05, 0.1) is 11.7 Å². The Bertz CT molecular complexity index is 486. The molecule has 0 N–H and O–H groups in total. The van der Waals surface area contributed by atoms with Crippen LogP contribution in [0.1, 0.15) is 29.8 Å². The second-order valence-electron chi connectivity index (χ2n) is 4.12. The molecule has 0 bridgehead atoms. The molecule has 0 unspecified atom stereocenters. The first-order valence-corrected chi connectivity index (χ1v) is 5.76. The van der Waals surface area contributed by atoms with Gasteiger partial charge in [-0.05, 0) is 31.5 Å². The standard InChI is InChI=1S/C15H16N2/c1-12-6-8-14(9-7-12)13(2)17-11-15-5-3-4-10-16-15/h3-11,13H,1-2H3/t13-/m0/s1. The van der Waals surface area contributed by atoms with E-state index in [2.05, 4.69) is 48.1 Å². The highest BCUT2D eigenvalue weighted by molar-refractivity contribution is 5.76. The molecule has 1 aromatic carbocycles. The van der Waals surface area contributed by atoms with Gasteiger partial charge >= 0.3 is 0 Å². The zero-order chi connectivity index (χ0) is 12.1. The van der Waals surface area contributed by atoms with Crippen molar-refractivity contribution in [2.24, 2.45) is 4.99 Å². The van der Waals surface area contributed by atoms with Gasteiger partial charge < -0.3 is 0 Å². The Morgan fingerprint density at radius 3 is 2.53 bits per heavy atom. The van der Waals surface area contributed by atoms with E-state index in [4.69, 9.17) is 0 Å². The predicted molar refractivity (Wildman–Crippen MR) is 71.4 cm³/mol. The van der Waals surface area contributed by atoms with Gasteiger partial charge in [-0.2, -0.15) is 0 Å². The number of aliphatic imine (C=N–C) groups is 1. The number of benzene rings is 1. The molecule has 1 atom stereocenters. The summed E-state index contributed by atoms with van der Waals surface area (Å²) in [6.07, 6.45) is 3.60. The maximum Gasteiger partial charge on any atom is 0.0808 e. The third kappa shape index (κ3) is 3.25. The summed E-state index contributed by atoms with van der Waals surface area (Å²) in [5, 5.41) is 0. The van der Waals surface area contributed by atoms with E-state index in [-0.39, 0.29) is 6.04 Å². The maximum absolute atomic E-state index is 4.51. The van der Waals surface area contributed by atoms with Crippen LogP contribution in [0.4, 0.5) is 0 Å². The van der Waals surface area contributed by atoms with Crippen molar-refractivity contribution in [2.45, 2.75) is 19.9 Å². The molecule has 0 fully saturated rings. The first kappa shape index (κ1) is 11.5. The summed E-state index contributed by atoms with van der Waals surface area (Å²) in [7, 11) is 0. The molecule has 2 nitrogen and oxygen atoms in total. The highest BCUT2D eigenvalue weighted by Gasteiger charge is 2.01. The van der Waals surface area contributed by atoms with Crippen molar-refractivity contribution in [1.82, 2.24) is 4.98 Å². The Balaban J connectivity index is 2.09. The summed E-state index contributed by atoms with van der Waals surface area (Å²) in [5.74, 6) is 0. The van der Waals surface area contributed by atoms with E-state index >= 15 is 0 Å². The highest BCUT2D eigenvalue weighted by Crippen LogP contribution is 2.16. The van der Waals surface area contributed by atoms with Crippen molar-refractivity contribution < 1.29 is 0 Å². The Morgan fingerprint density at radius 1 is 1.12 bits per heavy atom. The molecule has 86 valence electrons. The number of pyridine rings is 1. The lowest BCUT2D eigenvalue weighted by molar-refractivity contribution is 0.824. The van der Waals surface area contributed by atoms with Crippen LogP contribution in [0.3, 0.4) is 0 Å². The Kier molecular flexibility index (Phi) is 3.66. The van der Waals surface area contributed by atoms with Crippen LogP contribution in [-0.4, -0.2) is 11.2 Å². The van der Waals surface area contributed by atoms with Gasteiger partial charge in [0.2, 0.25) is 0 Å². The van der Waals surface area contributed by atoms with E-state index in [1.165, 1.54) is 11.1 Å². The first-order chi connectivity index (χ1) is 8.25. The smallest absolute Gasteiger partial charge is 0.0808 e. The van der Waals surface area contributed by atoms with Crippen molar-refractivity contribution in [3.8, 4) is 0 Å². The molecule has 0 aliphatic rings. The number of nitrogens with zero attached hydrogens (tertiary/aromatic N) is 2. The summed E-state index contributed by atoms with van der Waals surface area (Å²) in [6.45, 7) is 4.18.